The second-order valence-electron chi connectivity index (χ2n) is 5.70. The smallest absolute Gasteiger partial charge is 0.357 e. The van der Waals surface area contributed by atoms with E-state index >= 15 is 0 Å². The van der Waals surface area contributed by atoms with Crippen LogP contribution in [0.2, 0.25) is 0 Å². The molecule has 0 unspecified atom stereocenters. The zero-order valence-electron chi connectivity index (χ0n) is 13.9. The lowest BCUT2D eigenvalue weighted by Gasteiger charge is -2.16. The van der Waals surface area contributed by atoms with Gasteiger partial charge in [-0.05, 0) is 37.5 Å². The largest absolute Gasteiger partial charge is 0.390 e. The molecule has 0 aromatic carbocycles. The van der Waals surface area contributed by atoms with Gasteiger partial charge in [-0.3, -0.25) is 0 Å². The summed E-state index contributed by atoms with van der Waals surface area (Å²) in [6, 6.07) is 3.87. The summed E-state index contributed by atoms with van der Waals surface area (Å²) in [6.45, 7) is 4.70. The highest BCUT2D eigenvalue weighted by molar-refractivity contribution is 5.79. The predicted octanol–water partition coefficient (Wildman–Crippen LogP) is 2.69. The molecule has 1 saturated heterocycles. The van der Waals surface area contributed by atoms with Crippen LogP contribution in [0.4, 0.5) is 19.0 Å². The van der Waals surface area contributed by atoms with E-state index in [-0.39, 0.29) is 6.54 Å². The van der Waals surface area contributed by atoms with Gasteiger partial charge < -0.3 is 15.5 Å². The first kappa shape index (κ1) is 18.4. The molecule has 2 rings (SSSR count). The highest BCUT2D eigenvalue weighted by Crippen LogP contribution is 2.19. The number of rotatable bonds is 6. The average molecular weight is 343 g/mol. The number of hydrogen-bond acceptors (Lipinski definition) is 3. The molecule has 8 heteroatoms. The van der Waals surface area contributed by atoms with E-state index in [1.165, 1.54) is 12.8 Å². The third kappa shape index (κ3) is 6.25. The van der Waals surface area contributed by atoms with Gasteiger partial charge in [-0.1, -0.05) is 0 Å². The molecule has 1 aliphatic rings. The Morgan fingerprint density at radius 3 is 2.71 bits per heavy atom. The zero-order chi connectivity index (χ0) is 17.4. The molecule has 134 valence electrons. The number of aromatic nitrogens is 1. The molecule has 2 N–H and O–H groups in total. The van der Waals surface area contributed by atoms with E-state index in [4.69, 9.17) is 0 Å². The van der Waals surface area contributed by atoms with Crippen molar-refractivity contribution >= 4 is 11.8 Å². The van der Waals surface area contributed by atoms with E-state index in [1.807, 2.05) is 19.1 Å². The Balaban J connectivity index is 1.93. The minimum Gasteiger partial charge on any atom is -0.357 e. The van der Waals surface area contributed by atoms with Gasteiger partial charge in [0.15, 0.2) is 5.96 Å². The minimum atomic E-state index is -4.17. The van der Waals surface area contributed by atoms with Crippen molar-refractivity contribution in [1.82, 2.24) is 15.6 Å². The Kier molecular flexibility index (Phi) is 6.69. The van der Waals surface area contributed by atoms with Crippen LogP contribution in [0.3, 0.4) is 0 Å². The van der Waals surface area contributed by atoms with E-state index < -0.39 is 12.6 Å². The number of guanidine groups is 1. The number of nitrogens with zero attached hydrogens (tertiary/aromatic N) is 3. The number of hydrogen-bond donors (Lipinski definition) is 2. The summed E-state index contributed by atoms with van der Waals surface area (Å²) >= 11 is 0. The van der Waals surface area contributed by atoms with Crippen molar-refractivity contribution < 1.29 is 13.2 Å². The van der Waals surface area contributed by atoms with Gasteiger partial charge >= 0.3 is 6.18 Å². The lowest BCUT2D eigenvalue weighted by atomic mass is 10.2. The number of nitrogens with one attached hydrogen (secondary N) is 2. The molecule has 0 aliphatic carbocycles. The third-order valence-corrected chi connectivity index (χ3v) is 3.70. The number of aliphatic imine (C=N–C) groups is 1. The Bertz CT molecular complexity index is 539. The highest BCUT2D eigenvalue weighted by Gasteiger charge is 2.26. The van der Waals surface area contributed by atoms with Gasteiger partial charge in [0.05, 0.1) is 13.0 Å². The molecular formula is C16H24F3N5. The fraction of sp³-hybridized carbons (Fsp3) is 0.625. The summed E-state index contributed by atoms with van der Waals surface area (Å²) < 4.78 is 36.7. The van der Waals surface area contributed by atoms with Gasteiger partial charge in [0.25, 0.3) is 0 Å². The monoisotopic (exact) mass is 343 g/mol. The molecule has 0 radical (unpaired) electrons. The summed E-state index contributed by atoms with van der Waals surface area (Å²) in [5.74, 6) is 1.33. The molecule has 1 aromatic rings. The molecule has 0 spiro atoms. The van der Waals surface area contributed by atoms with E-state index in [0.717, 1.165) is 24.5 Å². The molecule has 0 amide bonds. The highest BCUT2D eigenvalue weighted by atomic mass is 19.4. The van der Waals surface area contributed by atoms with Crippen LogP contribution in [-0.4, -0.2) is 43.3 Å². The minimum absolute atomic E-state index is 0.190. The lowest BCUT2D eigenvalue weighted by Crippen LogP contribution is -2.38. The van der Waals surface area contributed by atoms with Crippen molar-refractivity contribution in [2.24, 2.45) is 4.99 Å². The first-order valence-corrected chi connectivity index (χ1v) is 8.27. The van der Waals surface area contributed by atoms with Crippen molar-refractivity contribution in [3.8, 4) is 0 Å². The molecule has 1 aliphatic heterocycles. The maximum absolute atomic E-state index is 12.2. The molecule has 1 aromatic heterocycles. The average Bonchev–Trinajstić information content (AvgIpc) is 3.06. The Morgan fingerprint density at radius 1 is 1.29 bits per heavy atom. The number of halogens is 3. The number of anilines is 1. The van der Waals surface area contributed by atoms with E-state index in [1.54, 1.807) is 6.20 Å². The fourth-order valence-electron chi connectivity index (χ4n) is 2.51. The normalized spacial score (nSPS) is 15.7. The van der Waals surface area contributed by atoms with Crippen LogP contribution >= 0.6 is 0 Å². The van der Waals surface area contributed by atoms with E-state index in [9.17, 15) is 13.2 Å². The summed E-state index contributed by atoms with van der Waals surface area (Å²) in [5, 5.41) is 5.66. The molecule has 5 nitrogen and oxygen atoms in total. The third-order valence-electron chi connectivity index (χ3n) is 3.70. The summed E-state index contributed by atoms with van der Waals surface area (Å²) in [7, 11) is 0. The van der Waals surface area contributed by atoms with Gasteiger partial charge in [-0.15, -0.1) is 0 Å². The molecular weight excluding hydrogens is 319 g/mol. The second kappa shape index (κ2) is 8.75. The zero-order valence-corrected chi connectivity index (χ0v) is 13.9. The van der Waals surface area contributed by atoms with Crippen LogP contribution in [-0.2, 0) is 6.54 Å². The summed E-state index contributed by atoms with van der Waals surface area (Å²) in [4.78, 5) is 11.0. The van der Waals surface area contributed by atoms with Crippen molar-refractivity contribution in [1.29, 1.82) is 0 Å². The molecule has 0 bridgehead atoms. The van der Waals surface area contributed by atoms with Crippen LogP contribution in [0.1, 0.15) is 31.7 Å². The summed E-state index contributed by atoms with van der Waals surface area (Å²) in [6.07, 6.45) is -0.941. The molecule has 24 heavy (non-hydrogen) atoms. The SMILES string of the molecule is CCNC(=NCc1ccnc(N2CCCC2)c1)NCCC(F)(F)F. The van der Waals surface area contributed by atoms with Gasteiger partial charge in [-0.2, -0.15) is 13.2 Å². The molecule has 0 atom stereocenters. The van der Waals surface area contributed by atoms with Gasteiger partial charge in [0.1, 0.15) is 5.82 Å². The summed E-state index contributed by atoms with van der Waals surface area (Å²) in [5.41, 5.74) is 0.986. The topological polar surface area (TPSA) is 52.6 Å². The Morgan fingerprint density at radius 2 is 2.04 bits per heavy atom. The van der Waals surface area contributed by atoms with Crippen molar-refractivity contribution in [2.75, 3.05) is 31.1 Å². The molecule has 1 fully saturated rings. The van der Waals surface area contributed by atoms with Gasteiger partial charge in [-0.25, -0.2) is 9.98 Å². The van der Waals surface area contributed by atoms with Crippen molar-refractivity contribution in [3.05, 3.63) is 23.9 Å². The first-order chi connectivity index (χ1) is 11.5. The number of pyridine rings is 1. The van der Waals surface area contributed by atoms with Crippen LogP contribution in [0.15, 0.2) is 23.3 Å². The van der Waals surface area contributed by atoms with Gasteiger partial charge in [0.2, 0.25) is 0 Å². The number of alkyl halides is 3. The lowest BCUT2D eigenvalue weighted by molar-refractivity contribution is -0.132. The van der Waals surface area contributed by atoms with Gasteiger partial charge in [0, 0.05) is 32.4 Å². The molecule has 0 saturated carbocycles. The van der Waals surface area contributed by atoms with E-state index in [2.05, 4.69) is 25.5 Å². The van der Waals surface area contributed by atoms with Crippen LogP contribution in [0, 0.1) is 0 Å². The predicted molar refractivity (Wildman–Crippen MR) is 89.2 cm³/mol. The maximum Gasteiger partial charge on any atom is 0.390 e. The van der Waals surface area contributed by atoms with Crippen LogP contribution in [0.5, 0.6) is 0 Å². The first-order valence-electron chi connectivity index (χ1n) is 8.27. The fourth-order valence-corrected chi connectivity index (χ4v) is 2.51. The maximum atomic E-state index is 12.2. The second-order valence-corrected chi connectivity index (χ2v) is 5.70. The van der Waals surface area contributed by atoms with Crippen molar-refractivity contribution in [2.45, 2.75) is 38.9 Å². The van der Waals surface area contributed by atoms with Crippen molar-refractivity contribution in [3.63, 3.8) is 0 Å². The quantitative estimate of drug-likeness (QED) is 0.616. The Hall–Kier alpha value is -1.99. The van der Waals surface area contributed by atoms with Crippen LogP contribution < -0.4 is 15.5 Å². The molecule has 2 heterocycles. The Labute approximate surface area is 140 Å². The standard InChI is InChI=1S/C16H24F3N5/c1-2-20-15(22-8-6-16(17,18)19)23-12-13-5-7-21-14(11-13)24-9-3-4-10-24/h5,7,11H,2-4,6,8-10,12H2,1H3,(H2,20,22,23). The van der Waals surface area contributed by atoms with E-state index in [0.29, 0.717) is 19.0 Å². The van der Waals surface area contributed by atoms with Crippen LogP contribution in [0.25, 0.3) is 0 Å².